The molecule has 2 aromatic carbocycles. The van der Waals surface area contributed by atoms with E-state index in [0.717, 1.165) is 0 Å². The van der Waals surface area contributed by atoms with E-state index in [0.29, 0.717) is 35.3 Å². The number of nitrogens with zero attached hydrogens (tertiary/aromatic N) is 6. The third-order valence-electron chi connectivity index (χ3n) is 6.14. The number of fused-ring (bicyclic) bond motifs is 2. The van der Waals surface area contributed by atoms with Gasteiger partial charge in [0, 0.05) is 33.2 Å². The number of benzene rings is 2. The lowest BCUT2D eigenvalue weighted by molar-refractivity contribution is 0.139. The predicted octanol–water partition coefficient (Wildman–Crippen LogP) is 2.19. The van der Waals surface area contributed by atoms with Crippen molar-refractivity contribution >= 4 is 43.6 Å². The average molecular weight is 489 g/mol. The standard InChI is InChI=1S/C21H21ClN6O4S/c1-13(20-23-16-6-4-3-5-14(16)21(29)26(20)2)27-9-11-28(12-10-27)33(30,31)19-15(22)7-8-17-18(19)25-32-24-17/h3-8,13H,9-12H2,1-2H3. The Morgan fingerprint density at radius 3 is 2.52 bits per heavy atom. The molecule has 12 heteroatoms. The summed E-state index contributed by atoms with van der Waals surface area (Å²) in [5.41, 5.74) is 0.988. The Kier molecular flexibility index (Phi) is 5.44. The van der Waals surface area contributed by atoms with Crippen LogP contribution < -0.4 is 5.56 Å². The molecule has 0 spiro atoms. The summed E-state index contributed by atoms with van der Waals surface area (Å²) in [5.74, 6) is 0.636. The maximum atomic E-state index is 13.4. The maximum absolute atomic E-state index is 13.4. The molecule has 0 radical (unpaired) electrons. The van der Waals surface area contributed by atoms with Gasteiger partial charge in [-0.05, 0) is 41.5 Å². The molecule has 1 aliphatic rings. The van der Waals surface area contributed by atoms with Gasteiger partial charge >= 0.3 is 0 Å². The van der Waals surface area contributed by atoms with Crippen molar-refractivity contribution < 1.29 is 13.0 Å². The molecular formula is C21H21ClN6O4S. The minimum Gasteiger partial charge on any atom is -0.298 e. The van der Waals surface area contributed by atoms with E-state index in [-0.39, 0.29) is 40.1 Å². The summed E-state index contributed by atoms with van der Waals surface area (Å²) in [6.45, 7) is 3.42. The summed E-state index contributed by atoms with van der Waals surface area (Å²) < 4.78 is 34.4. The fraction of sp³-hybridized carbons (Fsp3) is 0.333. The summed E-state index contributed by atoms with van der Waals surface area (Å²) >= 11 is 6.24. The molecule has 0 N–H and O–H groups in total. The zero-order valence-corrected chi connectivity index (χ0v) is 19.5. The van der Waals surface area contributed by atoms with Crippen LogP contribution in [0.4, 0.5) is 0 Å². The van der Waals surface area contributed by atoms with E-state index in [9.17, 15) is 13.2 Å². The summed E-state index contributed by atoms with van der Waals surface area (Å²) in [5, 5.41) is 8.10. The highest BCUT2D eigenvalue weighted by atomic mass is 35.5. The van der Waals surface area contributed by atoms with E-state index >= 15 is 0 Å². The van der Waals surface area contributed by atoms with Crippen LogP contribution in [0.2, 0.25) is 5.02 Å². The van der Waals surface area contributed by atoms with Crippen molar-refractivity contribution in [2.45, 2.75) is 17.9 Å². The van der Waals surface area contributed by atoms with Gasteiger partial charge in [0.2, 0.25) is 10.0 Å². The van der Waals surface area contributed by atoms with Crippen molar-refractivity contribution in [3.8, 4) is 0 Å². The van der Waals surface area contributed by atoms with Crippen molar-refractivity contribution in [2.75, 3.05) is 26.2 Å². The van der Waals surface area contributed by atoms with Gasteiger partial charge in [0.25, 0.3) is 5.56 Å². The lowest BCUT2D eigenvalue weighted by Gasteiger charge is -2.37. The van der Waals surface area contributed by atoms with Crippen molar-refractivity contribution in [1.29, 1.82) is 0 Å². The summed E-state index contributed by atoms with van der Waals surface area (Å²) in [6.07, 6.45) is 0. The van der Waals surface area contributed by atoms with Crippen LogP contribution in [-0.2, 0) is 17.1 Å². The Bertz CT molecular complexity index is 1530. The maximum Gasteiger partial charge on any atom is 0.261 e. The molecule has 5 rings (SSSR count). The Hall–Kier alpha value is -2.86. The number of aromatic nitrogens is 4. The van der Waals surface area contributed by atoms with Crippen molar-refractivity contribution in [3.63, 3.8) is 0 Å². The molecule has 10 nitrogen and oxygen atoms in total. The molecule has 1 atom stereocenters. The fourth-order valence-electron chi connectivity index (χ4n) is 4.28. The molecule has 0 saturated carbocycles. The van der Waals surface area contributed by atoms with Crippen LogP contribution >= 0.6 is 11.6 Å². The van der Waals surface area contributed by atoms with E-state index in [1.54, 1.807) is 23.7 Å². The minimum atomic E-state index is -3.91. The van der Waals surface area contributed by atoms with Gasteiger partial charge in [0.15, 0.2) is 5.52 Å². The van der Waals surface area contributed by atoms with Gasteiger partial charge in [-0.1, -0.05) is 23.7 Å². The zero-order valence-electron chi connectivity index (χ0n) is 18.0. The molecule has 33 heavy (non-hydrogen) atoms. The number of piperazine rings is 1. The monoisotopic (exact) mass is 488 g/mol. The first-order chi connectivity index (χ1) is 15.8. The quantitative estimate of drug-likeness (QED) is 0.429. The van der Waals surface area contributed by atoms with E-state index in [4.69, 9.17) is 21.2 Å². The van der Waals surface area contributed by atoms with E-state index < -0.39 is 10.0 Å². The highest BCUT2D eigenvalue weighted by Crippen LogP contribution is 2.32. The number of sulfonamides is 1. The zero-order chi connectivity index (χ0) is 23.3. The van der Waals surface area contributed by atoms with Gasteiger partial charge in [-0.2, -0.15) is 4.31 Å². The highest BCUT2D eigenvalue weighted by Gasteiger charge is 2.34. The topological polar surface area (TPSA) is 114 Å². The van der Waals surface area contributed by atoms with Gasteiger partial charge < -0.3 is 0 Å². The van der Waals surface area contributed by atoms with Crippen molar-refractivity contribution in [3.05, 3.63) is 57.6 Å². The van der Waals surface area contributed by atoms with Crippen LogP contribution in [-0.4, -0.2) is 63.7 Å². The molecule has 0 bridgehead atoms. The number of hydrogen-bond acceptors (Lipinski definition) is 8. The molecule has 1 aliphatic heterocycles. The number of hydrogen-bond donors (Lipinski definition) is 0. The van der Waals surface area contributed by atoms with Crippen LogP contribution in [0.15, 0.2) is 50.7 Å². The molecule has 1 fully saturated rings. The summed E-state index contributed by atoms with van der Waals surface area (Å²) in [6, 6.07) is 10.1. The smallest absolute Gasteiger partial charge is 0.261 e. The normalized spacial score (nSPS) is 17.1. The van der Waals surface area contributed by atoms with Crippen LogP contribution in [0.25, 0.3) is 21.9 Å². The third kappa shape index (κ3) is 3.61. The highest BCUT2D eigenvalue weighted by molar-refractivity contribution is 7.89. The average Bonchev–Trinajstić information content (AvgIpc) is 3.29. The van der Waals surface area contributed by atoms with Crippen molar-refractivity contribution in [1.82, 2.24) is 29.1 Å². The largest absolute Gasteiger partial charge is 0.298 e. The fourth-order valence-corrected chi connectivity index (χ4v) is 6.33. The van der Waals surface area contributed by atoms with Gasteiger partial charge in [0.1, 0.15) is 16.2 Å². The number of rotatable bonds is 4. The molecule has 0 amide bonds. The predicted molar refractivity (Wildman–Crippen MR) is 123 cm³/mol. The Morgan fingerprint density at radius 1 is 1.03 bits per heavy atom. The summed E-state index contributed by atoms with van der Waals surface area (Å²) in [4.78, 5) is 19.5. The SMILES string of the molecule is CC(c1nc2ccccc2c(=O)n1C)N1CCN(S(=O)(=O)c2c(Cl)ccc3nonc23)CC1. The van der Waals surface area contributed by atoms with Crippen LogP contribution in [0, 0.1) is 0 Å². The molecule has 1 unspecified atom stereocenters. The Labute approximate surface area is 194 Å². The molecule has 3 heterocycles. The second kappa shape index (κ2) is 8.17. The molecule has 172 valence electrons. The second-order valence-corrected chi connectivity index (χ2v) is 10.3. The molecule has 1 saturated heterocycles. The third-order valence-corrected chi connectivity index (χ3v) is 8.54. The Morgan fingerprint density at radius 2 is 1.76 bits per heavy atom. The van der Waals surface area contributed by atoms with Crippen LogP contribution in [0.3, 0.4) is 0 Å². The van der Waals surface area contributed by atoms with E-state index in [1.807, 2.05) is 25.1 Å². The number of para-hydroxylation sites is 1. The van der Waals surface area contributed by atoms with Crippen LogP contribution in [0.1, 0.15) is 18.8 Å². The van der Waals surface area contributed by atoms with Gasteiger partial charge in [-0.15, -0.1) is 0 Å². The van der Waals surface area contributed by atoms with E-state index in [1.165, 1.54) is 10.4 Å². The molecule has 4 aromatic rings. The molecule has 0 aliphatic carbocycles. The van der Waals surface area contributed by atoms with Crippen molar-refractivity contribution in [2.24, 2.45) is 7.05 Å². The van der Waals surface area contributed by atoms with E-state index in [2.05, 4.69) is 15.2 Å². The van der Waals surface area contributed by atoms with Gasteiger partial charge in [0.05, 0.1) is 22.0 Å². The first kappa shape index (κ1) is 22.0. The van der Waals surface area contributed by atoms with Gasteiger partial charge in [-0.25, -0.2) is 18.0 Å². The number of halogens is 1. The molecular weight excluding hydrogens is 468 g/mol. The summed E-state index contributed by atoms with van der Waals surface area (Å²) in [7, 11) is -2.19. The first-order valence-corrected chi connectivity index (χ1v) is 12.2. The lowest BCUT2D eigenvalue weighted by atomic mass is 10.2. The van der Waals surface area contributed by atoms with Gasteiger partial charge in [-0.3, -0.25) is 14.3 Å². The molecule has 2 aromatic heterocycles. The minimum absolute atomic E-state index is 0.0735. The second-order valence-electron chi connectivity index (χ2n) is 7.98. The Balaban J connectivity index is 1.40. The first-order valence-electron chi connectivity index (χ1n) is 10.4. The lowest BCUT2D eigenvalue weighted by Crippen LogP contribution is -2.49. The van der Waals surface area contributed by atoms with Crippen LogP contribution in [0.5, 0.6) is 0 Å².